The lowest BCUT2D eigenvalue weighted by Gasteiger charge is -2.19. The van der Waals surface area contributed by atoms with E-state index >= 15 is 0 Å². The van der Waals surface area contributed by atoms with Gasteiger partial charge in [-0.2, -0.15) is 10.3 Å². The highest BCUT2D eigenvalue weighted by Gasteiger charge is 2.26. The first-order valence-corrected chi connectivity index (χ1v) is 6.10. The molecule has 0 aliphatic carbocycles. The molecule has 0 aliphatic rings. The van der Waals surface area contributed by atoms with Crippen LogP contribution in [-0.4, -0.2) is 27.0 Å². The normalized spacial score (nSPS) is 13.7. The number of hydrogen-bond acceptors (Lipinski definition) is 5. The van der Waals surface area contributed by atoms with E-state index in [9.17, 15) is 4.79 Å². The highest BCUT2D eigenvalue weighted by Crippen LogP contribution is 2.20. The van der Waals surface area contributed by atoms with Crippen LogP contribution in [0.2, 0.25) is 0 Å². The summed E-state index contributed by atoms with van der Waals surface area (Å²) in [6, 6.07) is -0.314. The van der Waals surface area contributed by atoms with Crippen molar-refractivity contribution in [1.29, 1.82) is 0 Å². The molecule has 1 aromatic heterocycles. The van der Waals surface area contributed by atoms with E-state index in [4.69, 9.17) is 10.5 Å². The number of carbonyl (C=O) groups excluding carboxylic acids is 1. The van der Waals surface area contributed by atoms with Gasteiger partial charge in [-0.15, -0.1) is 5.10 Å². The van der Waals surface area contributed by atoms with Gasteiger partial charge in [0, 0.05) is 0 Å². The Morgan fingerprint density at radius 1 is 1.39 bits per heavy atom. The number of hydrogen-bond donors (Lipinski definition) is 2. The molecule has 1 heterocycles. The van der Waals surface area contributed by atoms with Gasteiger partial charge in [0.25, 0.3) is 0 Å². The molecule has 0 spiro atoms. The van der Waals surface area contributed by atoms with Crippen molar-refractivity contribution in [1.82, 2.24) is 15.4 Å². The molecule has 102 valence electrons. The number of aromatic nitrogens is 3. The van der Waals surface area contributed by atoms with E-state index in [0.29, 0.717) is 11.6 Å². The van der Waals surface area contributed by atoms with E-state index in [1.165, 1.54) is 0 Å². The SMILES string of the molecule is CC(C)CC(N)c1n[nH]nc1C(=O)OC(C)(C)C. The van der Waals surface area contributed by atoms with Crippen molar-refractivity contribution < 1.29 is 9.53 Å². The van der Waals surface area contributed by atoms with Crippen LogP contribution in [0.3, 0.4) is 0 Å². The van der Waals surface area contributed by atoms with Crippen LogP contribution in [0.4, 0.5) is 0 Å². The van der Waals surface area contributed by atoms with Gasteiger partial charge in [0.15, 0.2) is 5.69 Å². The fourth-order valence-corrected chi connectivity index (χ4v) is 1.59. The number of carbonyl (C=O) groups is 1. The zero-order chi connectivity index (χ0) is 13.9. The summed E-state index contributed by atoms with van der Waals surface area (Å²) in [4.78, 5) is 11.9. The number of aromatic amines is 1. The van der Waals surface area contributed by atoms with Crippen molar-refractivity contribution in [3.05, 3.63) is 11.4 Å². The number of rotatable bonds is 4. The first-order valence-electron chi connectivity index (χ1n) is 6.10. The summed E-state index contributed by atoms with van der Waals surface area (Å²) in [6.07, 6.45) is 0.738. The molecule has 1 rings (SSSR count). The Kier molecular flexibility index (Phi) is 4.45. The predicted molar refractivity (Wildman–Crippen MR) is 67.9 cm³/mol. The Hall–Kier alpha value is -1.43. The lowest BCUT2D eigenvalue weighted by atomic mass is 10.0. The minimum absolute atomic E-state index is 0.179. The molecule has 0 radical (unpaired) electrons. The smallest absolute Gasteiger partial charge is 0.361 e. The molecule has 6 nitrogen and oxygen atoms in total. The molecular formula is C12H22N4O2. The van der Waals surface area contributed by atoms with Crippen LogP contribution in [0.15, 0.2) is 0 Å². The third-order valence-corrected chi connectivity index (χ3v) is 2.24. The minimum atomic E-state index is -0.560. The first kappa shape index (κ1) is 14.6. The van der Waals surface area contributed by atoms with Crippen molar-refractivity contribution in [3.8, 4) is 0 Å². The lowest BCUT2D eigenvalue weighted by molar-refractivity contribution is 0.00608. The van der Waals surface area contributed by atoms with Crippen molar-refractivity contribution in [3.63, 3.8) is 0 Å². The molecule has 0 saturated carbocycles. The van der Waals surface area contributed by atoms with Crippen molar-refractivity contribution in [2.75, 3.05) is 0 Å². The topological polar surface area (TPSA) is 93.9 Å². The van der Waals surface area contributed by atoms with E-state index in [-0.39, 0.29) is 11.7 Å². The Morgan fingerprint density at radius 3 is 2.50 bits per heavy atom. The van der Waals surface area contributed by atoms with Gasteiger partial charge in [-0.05, 0) is 33.1 Å². The fourth-order valence-electron chi connectivity index (χ4n) is 1.59. The summed E-state index contributed by atoms with van der Waals surface area (Å²) < 4.78 is 5.26. The summed E-state index contributed by atoms with van der Waals surface area (Å²) in [7, 11) is 0. The molecule has 18 heavy (non-hydrogen) atoms. The van der Waals surface area contributed by atoms with Crippen molar-refractivity contribution >= 4 is 5.97 Å². The number of ether oxygens (including phenoxy) is 1. The largest absolute Gasteiger partial charge is 0.455 e. The molecule has 1 aromatic rings. The zero-order valence-electron chi connectivity index (χ0n) is 11.7. The third kappa shape index (κ3) is 4.10. The highest BCUT2D eigenvalue weighted by molar-refractivity contribution is 5.88. The zero-order valence-corrected chi connectivity index (χ0v) is 11.7. The van der Waals surface area contributed by atoms with Gasteiger partial charge in [0.05, 0.1) is 6.04 Å². The molecule has 0 aromatic carbocycles. The second-order valence-corrected chi connectivity index (χ2v) is 5.80. The van der Waals surface area contributed by atoms with E-state index in [2.05, 4.69) is 29.3 Å². The van der Waals surface area contributed by atoms with E-state index < -0.39 is 11.6 Å². The molecule has 6 heteroatoms. The van der Waals surface area contributed by atoms with Gasteiger partial charge >= 0.3 is 5.97 Å². The Morgan fingerprint density at radius 2 is 2.00 bits per heavy atom. The predicted octanol–water partition coefficient (Wildman–Crippen LogP) is 1.81. The second-order valence-electron chi connectivity index (χ2n) is 5.80. The van der Waals surface area contributed by atoms with Crippen LogP contribution in [0, 0.1) is 5.92 Å². The first-order chi connectivity index (χ1) is 8.20. The number of H-pyrrole nitrogens is 1. The average molecular weight is 254 g/mol. The van der Waals surface area contributed by atoms with Gasteiger partial charge in [-0.1, -0.05) is 13.8 Å². The van der Waals surface area contributed by atoms with E-state index in [1.807, 2.05) is 0 Å². The standard InChI is InChI=1S/C12H22N4O2/c1-7(2)6-8(13)9-10(15-16-14-9)11(17)18-12(3,4)5/h7-8H,6,13H2,1-5H3,(H,14,15,16). The third-order valence-electron chi connectivity index (χ3n) is 2.24. The summed E-state index contributed by atoms with van der Waals surface area (Å²) in [6.45, 7) is 9.54. The summed E-state index contributed by atoms with van der Waals surface area (Å²) in [5, 5.41) is 10.2. The van der Waals surface area contributed by atoms with Gasteiger partial charge in [-0.3, -0.25) is 0 Å². The fraction of sp³-hybridized carbons (Fsp3) is 0.750. The molecular weight excluding hydrogens is 232 g/mol. The van der Waals surface area contributed by atoms with Crippen molar-refractivity contribution in [2.45, 2.75) is 52.7 Å². The van der Waals surface area contributed by atoms with E-state index in [1.54, 1.807) is 20.8 Å². The molecule has 1 atom stereocenters. The molecule has 0 bridgehead atoms. The molecule has 0 aliphatic heterocycles. The van der Waals surface area contributed by atoms with Gasteiger partial charge in [0.2, 0.25) is 0 Å². The molecule has 0 saturated heterocycles. The minimum Gasteiger partial charge on any atom is -0.455 e. The maximum Gasteiger partial charge on any atom is 0.361 e. The van der Waals surface area contributed by atoms with Crippen LogP contribution in [0.25, 0.3) is 0 Å². The molecule has 1 unspecified atom stereocenters. The lowest BCUT2D eigenvalue weighted by Crippen LogP contribution is -2.26. The molecule has 0 amide bonds. The van der Waals surface area contributed by atoms with Gasteiger partial charge in [-0.25, -0.2) is 4.79 Å². The quantitative estimate of drug-likeness (QED) is 0.799. The summed E-state index contributed by atoms with van der Waals surface area (Å²) in [5.41, 5.74) is 6.10. The van der Waals surface area contributed by atoms with Crippen LogP contribution in [-0.2, 0) is 4.74 Å². The highest BCUT2D eigenvalue weighted by atomic mass is 16.6. The Bertz CT molecular complexity index is 406. The Labute approximate surface area is 107 Å². The average Bonchev–Trinajstić information content (AvgIpc) is 2.61. The molecule has 0 fully saturated rings. The number of nitrogens with zero attached hydrogens (tertiary/aromatic N) is 2. The van der Waals surface area contributed by atoms with Crippen LogP contribution < -0.4 is 5.73 Å². The Balaban J connectivity index is 2.85. The maximum atomic E-state index is 11.9. The van der Waals surface area contributed by atoms with Gasteiger partial charge < -0.3 is 10.5 Å². The van der Waals surface area contributed by atoms with Crippen molar-refractivity contribution in [2.24, 2.45) is 11.7 Å². The number of nitrogens with two attached hydrogens (primary N) is 1. The monoisotopic (exact) mass is 254 g/mol. The van der Waals surface area contributed by atoms with E-state index in [0.717, 1.165) is 6.42 Å². The van der Waals surface area contributed by atoms with Crippen LogP contribution >= 0.6 is 0 Å². The summed E-state index contributed by atoms with van der Waals surface area (Å²) in [5.74, 6) is -0.0753. The number of nitrogens with one attached hydrogen (secondary N) is 1. The number of esters is 1. The maximum absolute atomic E-state index is 11.9. The summed E-state index contributed by atoms with van der Waals surface area (Å²) >= 11 is 0. The van der Waals surface area contributed by atoms with Gasteiger partial charge in [0.1, 0.15) is 11.3 Å². The van der Waals surface area contributed by atoms with Crippen LogP contribution in [0.5, 0.6) is 0 Å². The molecule has 3 N–H and O–H groups in total. The van der Waals surface area contributed by atoms with Crippen LogP contribution in [0.1, 0.15) is 63.3 Å². The second kappa shape index (κ2) is 5.48.